The second-order valence-corrected chi connectivity index (χ2v) is 11.2. The highest BCUT2D eigenvalue weighted by Gasteiger charge is 2.26. The van der Waals surface area contributed by atoms with Gasteiger partial charge in [0.25, 0.3) is 21.8 Å². The number of amides is 2. The van der Waals surface area contributed by atoms with Gasteiger partial charge in [-0.05, 0) is 36.4 Å². The average molecular weight is 559 g/mol. The van der Waals surface area contributed by atoms with Crippen molar-refractivity contribution in [2.24, 2.45) is 0 Å². The van der Waals surface area contributed by atoms with Crippen LogP contribution in [0.25, 0.3) is 21.9 Å². The molecule has 10 nitrogen and oxygen atoms in total. The van der Waals surface area contributed by atoms with Crippen LogP contribution in [0.15, 0.2) is 99.4 Å². The van der Waals surface area contributed by atoms with Crippen molar-refractivity contribution in [3.63, 3.8) is 0 Å². The number of hydrogen-bond acceptors (Lipinski definition) is 7. The number of aromatic nitrogens is 1. The van der Waals surface area contributed by atoms with Crippen molar-refractivity contribution < 1.29 is 22.4 Å². The predicted molar refractivity (Wildman–Crippen MR) is 152 cm³/mol. The maximum atomic E-state index is 13.5. The lowest BCUT2D eigenvalue weighted by atomic mass is 10.1. The summed E-state index contributed by atoms with van der Waals surface area (Å²) in [6.45, 7) is 0.245. The molecule has 0 aliphatic heterocycles. The van der Waals surface area contributed by atoms with Gasteiger partial charge in [-0.15, -0.1) is 0 Å². The number of carbonyl (C=O) groups excluding carboxylic acids is 2. The van der Waals surface area contributed by atoms with Crippen LogP contribution in [0.5, 0.6) is 0 Å². The number of nitrogens with zero attached hydrogens (tertiary/aromatic N) is 3. The molecule has 2 N–H and O–H groups in total. The number of carbonyl (C=O) groups is 2. The summed E-state index contributed by atoms with van der Waals surface area (Å²) in [5.74, 6) is -0.964. The van der Waals surface area contributed by atoms with Gasteiger partial charge in [0.05, 0.1) is 21.4 Å². The molecule has 0 atom stereocenters. The Hall–Kier alpha value is -4.90. The van der Waals surface area contributed by atoms with Gasteiger partial charge in [-0.25, -0.2) is 12.4 Å². The molecule has 204 valence electrons. The Morgan fingerprint density at radius 1 is 0.850 bits per heavy atom. The minimum atomic E-state index is -4.04. The van der Waals surface area contributed by atoms with E-state index < -0.39 is 27.3 Å². The van der Waals surface area contributed by atoms with E-state index in [1.54, 1.807) is 67.7 Å². The Labute approximate surface area is 229 Å². The van der Waals surface area contributed by atoms with Crippen molar-refractivity contribution in [2.45, 2.75) is 4.90 Å². The molecule has 2 amide bonds. The van der Waals surface area contributed by atoms with Crippen LogP contribution >= 0.6 is 0 Å². The number of rotatable bonds is 7. The molecule has 5 aromatic rings. The van der Waals surface area contributed by atoms with E-state index in [1.807, 2.05) is 0 Å². The van der Waals surface area contributed by atoms with Gasteiger partial charge in [-0.2, -0.15) is 0 Å². The Bertz CT molecular complexity index is 1940. The van der Waals surface area contributed by atoms with Crippen molar-refractivity contribution in [2.75, 3.05) is 32.9 Å². The van der Waals surface area contributed by atoms with Crippen LogP contribution in [0.2, 0.25) is 0 Å². The zero-order valence-corrected chi connectivity index (χ0v) is 22.6. The third-order valence-corrected chi connectivity index (χ3v) is 8.37. The highest BCUT2D eigenvalue weighted by Crippen LogP contribution is 2.27. The van der Waals surface area contributed by atoms with E-state index in [-0.39, 0.29) is 29.1 Å². The molecule has 0 unspecified atom stereocenters. The summed E-state index contributed by atoms with van der Waals surface area (Å²) >= 11 is 0. The van der Waals surface area contributed by atoms with E-state index in [1.165, 1.54) is 35.2 Å². The molecule has 0 spiro atoms. The van der Waals surface area contributed by atoms with Crippen molar-refractivity contribution in [3.8, 4) is 0 Å². The van der Waals surface area contributed by atoms with E-state index in [0.29, 0.717) is 27.6 Å². The Balaban J connectivity index is 1.37. The SMILES string of the molecule is CN(CCN(C)C(=O)c1cn(S(=O)(=O)c2cccc(N)c2)c2ccccc12)C(=O)c1coc2ccccc2c1=O. The lowest BCUT2D eigenvalue weighted by Gasteiger charge is -2.22. The predicted octanol–water partition coefficient (Wildman–Crippen LogP) is 3.41. The second-order valence-electron chi connectivity index (χ2n) is 9.36. The van der Waals surface area contributed by atoms with Gasteiger partial charge in [-0.3, -0.25) is 14.4 Å². The van der Waals surface area contributed by atoms with Gasteiger partial charge in [0, 0.05) is 44.5 Å². The van der Waals surface area contributed by atoms with Crippen molar-refractivity contribution in [1.82, 2.24) is 13.8 Å². The third-order valence-electron chi connectivity index (χ3n) is 6.70. The maximum absolute atomic E-state index is 13.5. The first-order valence-corrected chi connectivity index (χ1v) is 13.8. The molecule has 3 aromatic carbocycles. The van der Waals surface area contributed by atoms with E-state index in [0.717, 1.165) is 10.2 Å². The Morgan fingerprint density at radius 2 is 1.48 bits per heavy atom. The van der Waals surface area contributed by atoms with Gasteiger partial charge in [0.15, 0.2) is 0 Å². The molecular weight excluding hydrogens is 532 g/mol. The molecular formula is C29H26N4O6S. The van der Waals surface area contributed by atoms with Gasteiger partial charge in [0.1, 0.15) is 17.4 Å². The lowest BCUT2D eigenvalue weighted by molar-refractivity contribution is 0.0718. The van der Waals surface area contributed by atoms with Crippen molar-refractivity contribution in [3.05, 3.63) is 107 Å². The summed E-state index contributed by atoms with van der Waals surface area (Å²) in [5, 5.41) is 0.767. The summed E-state index contributed by atoms with van der Waals surface area (Å²) in [6, 6.07) is 19.3. The van der Waals surface area contributed by atoms with Crippen LogP contribution in [-0.2, 0) is 10.0 Å². The third kappa shape index (κ3) is 4.71. The first kappa shape index (κ1) is 26.7. The molecule has 0 bridgehead atoms. The van der Waals surface area contributed by atoms with Crippen LogP contribution in [0.4, 0.5) is 5.69 Å². The fraction of sp³-hybridized carbons (Fsp3) is 0.138. The number of nitrogens with two attached hydrogens (primary N) is 1. The molecule has 2 aromatic heterocycles. The van der Waals surface area contributed by atoms with Gasteiger partial charge >= 0.3 is 0 Å². The van der Waals surface area contributed by atoms with E-state index in [9.17, 15) is 22.8 Å². The van der Waals surface area contributed by atoms with Crippen LogP contribution in [0.3, 0.4) is 0 Å². The molecule has 11 heteroatoms. The summed E-state index contributed by atoms with van der Waals surface area (Å²) in [4.78, 5) is 42.0. The number of nitrogen functional groups attached to an aromatic ring is 1. The molecule has 0 aliphatic rings. The zero-order chi connectivity index (χ0) is 28.6. The monoisotopic (exact) mass is 558 g/mol. The molecule has 0 aliphatic carbocycles. The standard InChI is InChI=1S/C29H26N4O6S/c1-31(14-15-32(2)29(36)24-18-39-26-13-6-4-11-22(26)27(24)34)28(35)23-17-33(25-12-5-3-10-21(23)25)40(37,38)20-9-7-8-19(30)16-20/h3-13,16-18H,14-15,30H2,1-2H3. The van der Waals surface area contributed by atoms with Gasteiger partial charge in [-0.1, -0.05) is 36.4 Å². The average Bonchev–Trinajstić information content (AvgIpc) is 3.36. The largest absolute Gasteiger partial charge is 0.463 e. The lowest BCUT2D eigenvalue weighted by Crippen LogP contribution is -2.38. The summed E-state index contributed by atoms with van der Waals surface area (Å²) < 4.78 is 33.4. The molecule has 0 saturated carbocycles. The molecule has 5 rings (SSSR count). The van der Waals surface area contributed by atoms with Gasteiger partial charge in [0.2, 0.25) is 5.43 Å². The number of likely N-dealkylation sites (N-methyl/N-ethyl adjacent to an activating group) is 2. The first-order chi connectivity index (χ1) is 19.1. The summed E-state index contributed by atoms with van der Waals surface area (Å²) in [7, 11) is -0.953. The number of para-hydroxylation sites is 2. The van der Waals surface area contributed by atoms with E-state index in [2.05, 4.69) is 0 Å². The van der Waals surface area contributed by atoms with E-state index >= 15 is 0 Å². The normalized spacial score (nSPS) is 11.6. The Kier molecular flexibility index (Phi) is 6.90. The molecule has 40 heavy (non-hydrogen) atoms. The fourth-order valence-corrected chi connectivity index (χ4v) is 5.87. The van der Waals surface area contributed by atoms with Crippen LogP contribution in [-0.4, -0.2) is 61.2 Å². The second kappa shape index (κ2) is 10.3. The van der Waals surface area contributed by atoms with Crippen molar-refractivity contribution in [1.29, 1.82) is 0 Å². The molecule has 0 fully saturated rings. The molecule has 0 radical (unpaired) electrons. The molecule has 2 heterocycles. The maximum Gasteiger partial charge on any atom is 0.268 e. The first-order valence-electron chi connectivity index (χ1n) is 12.3. The quantitative estimate of drug-likeness (QED) is 0.302. The van der Waals surface area contributed by atoms with Crippen molar-refractivity contribution >= 4 is 49.4 Å². The Morgan fingerprint density at radius 3 is 2.17 bits per heavy atom. The minimum absolute atomic E-state index is 0.00101. The highest BCUT2D eigenvalue weighted by atomic mass is 32.2. The highest BCUT2D eigenvalue weighted by molar-refractivity contribution is 7.90. The zero-order valence-electron chi connectivity index (χ0n) is 21.8. The molecule has 0 saturated heterocycles. The number of fused-ring (bicyclic) bond motifs is 2. The number of anilines is 1. The number of benzene rings is 3. The minimum Gasteiger partial charge on any atom is -0.463 e. The van der Waals surface area contributed by atoms with Gasteiger partial charge < -0.3 is 20.0 Å². The van der Waals surface area contributed by atoms with Crippen LogP contribution < -0.4 is 11.2 Å². The summed E-state index contributed by atoms with van der Waals surface area (Å²) in [5.41, 5.74) is 6.48. The topological polar surface area (TPSA) is 136 Å². The fourth-order valence-electron chi connectivity index (χ4n) is 4.45. The van der Waals surface area contributed by atoms with Crippen LogP contribution in [0, 0.1) is 0 Å². The smallest absolute Gasteiger partial charge is 0.268 e. The summed E-state index contributed by atoms with van der Waals surface area (Å²) in [6.07, 6.45) is 2.45. The van der Waals surface area contributed by atoms with Crippen LogP contribution in [0.1, 0.15) is 20.7 Å². The number of hydrogen-bond donors (Lipinski definition) is 1. The van der Waals surface area contributed by atoms with E-state index in [4.69, 9.17) is 10.2 Å².